The lowest BCUT2D eigenvalue weighted by molar-refractivity contribution is 0.0503. The molecule has 1 aliphatic carbocycles. The summed E-state index contributed by atoms with van der Waals surface area (Å²) in [6.45, 7) is 10.4. The Balaban J connectivity index is 2.45. The standard InChI is InChI=1S/C10H21NO/c1-5-12-7(2)9-8(6-11)10(9,3)4/h7-9H,5-6,11H2,1-4H3/t7?,8-,9-/m1/s1. The van der Waals surface area contributed by atoms with Crippen molar-refractivity contribution in [2.45, 2.75) is 33.8 Å². The van der Waals surface area contributed by atoms with Gasteiger partial charge in [0.1, 0.15) is 0 Å². The fourth-order valence-electron chi connectivity index (χ4n) is 2.54. The Morgan fingerprint density at radius 3 is 2.42 bits per heavy atom. The highest BCUT2D eigenvalue weighted by Gasteiger charge is 2.59. The van der Waals surface area contributed by atoms with Crippen molar-refractivity contribution in [3.8, 4) is 0 Å². The monoisotopic (exact) mass is 171 g/mol. The fraction of sp³-hybridized carbons (Fsp3) is 1.00. The van der Waals surface area contributed by atoms with E-state index >= 15 is 0 Å². The van der Waals surface area contributed by atoms with E-state index in [1.54, 1.807) is 0 Å². The molecule has 0 radical (unpaired) electrons. The zero-order chi connectivity index (χ0) is 9.35. The molecule has 0 bridgehead atoms. The molecule has 1 saturated carbocycles. The molecule has 0 amide bonds. The van der Waals surface area contributed by atoms with Gasteiger partial charge >= 0.3 is 0 Å². The Morgan fingerprint density at radius 2 is 2.08 bits per heavy atom. The first kappa shape index (κ1) is 10.0. The van der Waals surface area contributed by atoms with E-state index in [9.17, 15) is 0 Å². The lowest BCUT2D eigenvalue weighted by Crippen LogP contribution is -2.15. The summed E-state index contributed by atoms with van der Waals surface area (Å²) in [6.07, 6.45) is 0.374. The molecule has 72 valence electrons. The van der Waals surface area contributed by atoms with Crippen LogP contribution in [0, 0.1) is 17.3 Å². The van der Waals surface area contributed by atoms with E-state index < -0.39 is 0 Å². The van der Waals surface area contributed by atoms with E-state index in [0.29, 0.717) is 23.4 Å². The maximum absolute atomic E-state index is 5.68. The maximum Gasteiger partial charge on any atom is 0.0583 e. The van der Waals surface area contributed by atoms with E-state index in [4.69, 9.17) is 10.5 Å². The van der Waals surface area contributed by atoms with E-state index in [-0.39, 0.29) is 0 Å². The van der Waals surface area contributed by atoms with Crippen LogP contribution in [0.5, 0.6) is 0 Å². The normalized spacial score (nSPS) is 34.8. The molecule has 0 aromatic rings. The van der Waals surface area contributed by atoms with Crippen LogP contribution in [0.1, 0.15) is 27.7 Å². The van der Waals surface area contributed by atoms with Gasteiger partial charge in [0.2, 0.25) is 0 Å². The second-order valence-corrected chi connectivity index (χ2v) is 4.35. The summed E-state index contributed by atoms with van der Waals surface area (Å²) in [5.41, 5.74) is 6.08. The highest BCUT2D eigenvalue weighted by atomic mass is 16.5. The largest absolute Gasteiger partial charge is 0.378 e. The minimum Gasteiger partial charge on any atom is -0.378 e. The first-order valence-corrected chi connectivity index (χ1v) is 4.87. The number of hydrogen-bond acceptors (Lipinski definition) is 2. The van der Waals surface area contributed by atoms with Gasteiger partial charge in [-0.1, -0.05) is 13.8 Å². The van der Waals surface area contributed by atoms with Crippen LogP contribution in [0.4, 0.5) is 0 Å². The highest BCUT2D eigenvalue weighted by Crippen LogP contribution is 2.59. The van der Waals surface area contributed by atoms with Crippen LogP contribution in [-0.4, -0.2) is 19.3 Å². The van der Waals surface area contributed by atoms with Crippen LogP contribution >= 0.6 is 0 Å². The van der Waals surface area contributed by atoms with E-state index in [1.165, 1.54) is 0 Å². The number of ether oxygens (including phenoxy) is 1. The second-order valence-electron chi connectivity index (χ2n) is 4.35. The van der Waals surface area contributed by atoms with Gasteiger partial charge in [0.05, 0.1) is 6.10 Å². The quantitative estimate of drug-likeness (QED) is 0.698. The molecule has 0 aromatic heterocycles. The predicted molar refractivity (Wildman–Crippen MR) is 50.9 cm³/mol. The SMILES string of the molecule is CCOC(C)[C@@H]1[C@@H](CN)C1(C)C. The Bertz CT molecular complexity index is 156. The van der Waals surface area contributed by atoms with E-state index in [2.05, 4.69) is 20.8 Å². The third kappa shape index (κ3) is 1.50. The minimum absolute atomic E-state index is 0.374. The molecule has 12 heavy (non-hydrogen) atoms. The van der Waals surface area contributed by atoms with Crippen molar-refractivity contribution in [2.75, 3.05) is 13.2 Å². The van der Waals surface area contributed by atoms with Gasteiger partial charge in [-0.3, -0.25) is 0 Å². The molecule has 2 heteroatoms. The fourth-order valence-corrected chi connectivity index (χ4v) is 2.54. The average molecular weight is 171 g/mol. The smallest absolute Gasteiger partial charge is 0.0583 e. The first-order valence-electron chi connectivity index (χ1n) is 4.87. The van der Waals surface area contributed by atoms with Crippen molar-refractivity contribution >= 4 is 0 Å². The molecule has 1 unspecified atom stereocenters. The third-order valence-electron chi connectivity index (χ3n) is 3.33. The van der Waals surface area contributed by atoms with E-state index in [1.807, 2.05) is 6.92 Å². The van der Waals surface area contributed by atoms with Gasteiger partial charge in [0, 0.05) is 6.61 Å². The van der Waals surface area contributed by atoms with Crippen molar-refractivity contribution in [3.05, 3.63) is 0 Å². The van der Waals surface area contributed by atoms with Crippen molar-refractivity contribution in [1.29, 1.82) is 0 Å². The zero-order valence-electron chi connectivity index (χ0n) is 8.63. The highest BCUT2D eigenvalue weighted by molar-refractivity contribution is 5.07. The van der Waals surface area contributed by atoms with Crippen LogP contribution < -0.4 is 5.73 Å². The summed E-state index contributed by atoms with van der Waals surface area (Å²) in [7, 11) is 0. The van der Waals surface area contributed by atoms with Crippen molar-refractivity contribution < 1.29 is 4.74 Å². The van der Waals surface area contributed by atoms with Gasteiger partial charge in [-0.2, -0.15) is 0 Å². The zero-order valence-corrected chi connectivity index (χ0v) is 8.63. The van der Waals surface area contributed by atoms with E-state index in [0.717, 1.165) is 13.2 Å². The van der Waals surface area contributed by atoms with Gasteiger partial charge < -0.3 is 10.5 Å². The molecule has 3 atom stereocenters. The van der Waals surface area contributed by atoms with Crippen molar-refractivity contribution in [2.24, 2.45) is 23.0 Å². The molecule has 2 nitrogen and oxygen atoms in total. The summed E-state index contributed by atoms with van der Waals surface area (Å²) in [5.74, 6) is 1.33. The third-order valence-corrected chi connectivity index (χ3v) is 3.33. The summed E-state index contributed by atoms with van der Waals surface area (Å²) < 4.78 is 5.58. The topological polar surface area (TPSA) is 35.2 Å². The Kier molecular flexibility index (Phi) is 2.79. The molecular formula is C10H21NO. The Labute approximate surface area is 75.5 Å². The van der Waals surface area contributed by atoms with Crippen LogP contribution in [0.2, 0.25) is 0 Å². The molecule has 1 rings (SSSR count). The molecule has 0 aromatic carbocycles. The Morgan fingerprint density at radius 1 is 1.50 bits per heavy atom. The van der Waals surface area contributed by atoms with Gasteiger partial charge in [-0.05, 0) is 37.6 Å². The Hall–Kier alpha value is -0.0800. The molecule has 1 aliphatic rings. The summed E-state index contributed by atoms with van der Waals surface area (Å²) in [5, 5.41) is 0. The molecule has 2 N–H and O–H groups in total. The van der Waals surface area contributed by atoms with Crippen LogP contribution in [0.25, 0.3) is 0 Å². The van der Waals surface area contributed by atoms with Crippen molar-refractivity contribution in [3.63, 3.8) is 0 Å². The first-order chi connectivity index (χ1) is 5.55. The summed E-state index contributed by atoms with van der Waals surface area (Å²) in [4.78, 5) is 0. The maximum atomic E-state index is 5.68. The average Bonchev–Trinajstić information content (AvgIpc) is 2.53. The number of rotatable bonds is 4. The molecule has 0 aliphatic heterocycles. The lowest BCUT2D eigenvalue weighted by Gasteiger charge is -2.12. The molecular weight excluding hydrogens is 150 g/mol. The molecule has 0 saturated heterocycles. The number of nitrogens with two attached hydrogens (primary N) is 1. The second kappa shape index (κ2) is 3.35. The van der Waals surface area contributed by atoms with Gasteiger partial charge in [-0.25, -0.2) is 0 Å². The number of hydrogen-bond donors (Lipinski definition) is 1. The van der Waals surface area contributed by atoms with Gasteiger partial charge in [-0.15, -0.1) is 0 Å². The summed E-state index contributed by atoms with van der Waals surface area (Å²) >= 11 is 0. The minimum atomic E-state index is 0.374. The summed E-state index contributed by atoms with van der Waals surface area (Å²) in [6, 6.07) is 0. The molecule has 1 fully saturated rings. The van der Waals surface area contributed by atoms with Crippen LogP contribution in [-0.2, 0) is 4.74 Å². The lowest BCUT2D eigenvalue weighted by atomic mass is 10.1. The van der Waals surface area contributed by atoms with Crippen LogP contribution in [0.15, 0.2) is 0 Å². The van der Waals surface area contributed by atoms with Gasteiger partial charge in [0.25, 0.3) is 0 Å². The molecule has 0 heterocycles. The van der Waals surface area contributed by atoms with Crippen molar-refractivity contribution in [1.82, 2.24) is 0 Å². The predicted octanol–water partition coefficient (Wildman–Crippen LogP) is 1.64. The molecule has 0 spiro atoms. The van der Waals surface area contributed by atoms with Gasteiger partial charge in [0.15, 0.2) is 0 Å². The van der Waals surface area contributed by atoms with Crippen LogP contribution in [0.3, 0.4) is 0 Å².